The molecule has 0 unspecified atom stereocenters. The summed E-state index contributed by atoms with van der Waals surface area (Å²) in [6.45, 7) is 1.00. The largest absolute Gasteiger partial charge is 0.385 e. The number of ether oxygens (including phenoxy) is 1. The third-order valence-electron chi connectivity index (χ3n) is 1.18. The van der Waals surface area contributed by atoms with Crippen LogP contribution < -0.4 is 4.72 Å². The lowest BCUT2D eigenvalue weighted by Crippen LogP contribution is -2.28. The Morgan fingerprint density at radius 2 is 2.17 bits per heavy atom. The second kappa shape index (κ2) is 7.05. The van der Waals surface area contributed by atoms with Crippen LogP contribution in [0.5, 0.6) is 0 Å². The van der Waals surface area contributed by atoms with Gasteiger partial charge in [-0.25, -0.2) is 13.1 Å². The first-order chi connectivity index (χ1) is 5.62. The van der Waals surface area contributed by atoms with Gasteiger partial charge in [0.2, 0.25) is 10.0 Å². The van der Waals surface area contributed by atoms with Crippen LogP contribution in [0.25, 0.3) is 0 Å². The van der Waals surface area contributed by atoms with E-state index in [-0.39, 0.29) is 5.75 Å². The highest BCUT2D eigenvalue weighted by Crippen LogP contribution is 1.90. The van der Waals surface area contributed by atoms with Crippen LogP contribution in [0.1, 0.15) is 6.42 Å². The molecule has 4 nitrogen and oxygen atoms in total. The van der Waals surface area contributed by atoms with Crippen molar-refractivity contribution < 1.29 is 13.2 Å². The molecule has 0 aliphatic rings. The second-order valence-corrected chi connectivity index (χ2v) is 5.25. The molecule has 1 N–H and O–H groups in total. The minimum atomic E-state index is -3.05. The molecular weight excluding hydrogens is 293 g/mol. The van der Waals surface area contributed by atoms with Crippen molar-refractivity contribution in [1.29, 1.82) is 0 Å². The van der Waals surface area contributed by atoms with Gasteiger partial charge in [0.25, 0.3) is 0 Å². The minimum Gasteiger partial charge on any atom is -0.385 e. The Hall–Kier alpha value is 0.600. The van der Waals surface area contributed by atoms with Crippen molar-refractivity contribution in [2.75, 3.05) is 30.4 Å². The van der Waals surface area contributed by atoms with Gasteiger partial charge in [-0.3, -0.25) is 0 Å². The average Bonchev–Trinajstić information content (AvgIpc) is 2.01. The Morgan fingerprint density at radius 3 is 2.67 bits per heavy atom. The van der Waals surface area contributed by atoms with E-state index < -0.39 is 10.0 Å². The van der Waals surface area contributed by atoms with Crippen LogP contribution in [0, 0.1) is 0 Å². The zero-order valence-electron chi connectivity index (χ0n) is 7.05. The molecule has 12 heavy (non-hydrogen) atoms. The Kier molecular flexibility index (Phi) is 7.40. The van der Waals surface area contributed by atoms with Crippen LogP contribution in [0.4, 0.5) is 0 Å². The summed E-state index contributed by atoms with van der Waals surface area (Å²) in [7, 11) is -1.49. The van der Waals surface area contributed by atoms with Crippen molar-refractivity contribution in [2.45, 2.75) is 6.42 Å². The van der Waals surface area contributed by atoms with Gasteiger partial charge in [-0.2, -0.15) is 0 Å². The molecule has 0 bridgehead atoms. The molecule has 0 aliphatic heterocycles. The van der Waals surface area contributed by atoms with Crippen molar-refractivity contribution in [3.63, 3.8) is 0 Å². The maximum Gasteiger partial charge on any atom is 0.211 e. The number of rotatable bonds is 7. The smallest absolute Gasteiger partial charge is 0.211 e. The van der Waals surface area contributed by atoms with E-state index >= 15 is 0 Å². The van der Waals surface area contributed by atoms with Gasteiger partial charge in [-0.1, -0.05) is 22.6 Å². The SMILES string of the molecule is COCCCS(=O)(=O)NCCI. The molecule has 0 radical (unpaired) electrons. The summed E-state index contributed by atoms with van der Waals surface area (Å²) in [6, 6.07) is 0. The molecule has 74 valence electrons. The highest BCUT2D eigenvalue weighted by atomic mass is 127. The van der Waals surface area contributed by atoms with Crippen molar-refractivity contribution >= 4 is 32.6 Å². The number of halogens is 1. The summed E-state index contributed by atoms with van der Waals surface area (Å²) in [4.78, 5) is 0. The lowest BCUT2D eigenvalue weighted by molar-refractivity contribution is 0.199. The first-order valence-corrected chi connectivity index (χ1v) is 6.82. The van der Waals surface area contributed by atoms with Crippen LogP contribution in [0.2, 0.25) is 0 Å². The van der Waals surface area contributed by atoms with E-state index in [0.29, 0.717) is 19.6 Å². The van der Waals surface area contributed by atoms with E-state index in [1.54, 1.807) is 7.11 Å². The van der Waals surface area contributed by atoms with Crippen LogP contribution in [0.3, 0.4) is 0 Å². The van der Waals surface area contributed by atoms with Crippen LogP contribution >= 0.6 is 22.6 Å². The maximum atomic E-state index is 11.1. The lowest BCUT2D eigenvalue weighted by atomic mass is 10.5. The zero-order valence-corrected chi connectivity index (χ0v) is 10.0. The Morgan fingerprint density at radius 1 is 1.50 bits per heavy atom. The van der Waals surface area contributed by atoms with Gasteiger partial charge in [0.15, 0.2) is 0 Å². The van der Waals surface area contributed by atoms with E-state index in [0.717, 1.165) is 4.43 Å². The number of nitrogens with one attached hydrogen (secondary N) is 1. The average molecular weight is 307 g/mol. The van der Waals surface area contributed by atoms with Crippen molar-refractivity contribution in [2.24, 2.45) is 0 Å². The molecule has 0 heterocycles. The predicted octanol–water partition coefficient (Wildman–Crippen LogP) is 0.377. The van der Waals surface area contributed by atoms with E-state index in [9.17, 15) is 8.42 Å². The summed E-state index contributed by atoms with van der Waals surface area (Å²) in [5, 5.41) is 0. The molecule has 0 aromatic carbocycles. The molecule has 0 aliphatic carbocycles. The molecule has 0 rings (SSSR count). The fraction of sp³-hybridized carbons (Fsp3) is 1.00. The Bertz CT molecular complexity index is 193. The molecule has 6 heteroatoms. The Labute approximate surface area is 87.2 Å². The van der Waals surface area contributed by atoms with E-state index in [2.05, 4.69) is 27.3 Å². The van der Waals surface area contributed by atoms with Gasteiger partial charge in [0, 0.05) is 24.7 Å². The maximum absolute atomic E-state index is 11.1. The molecule has 0 amide bonds. The lowest BCUT2D eigenvalue weighted by Gasteiger charge is -2.03. The number of hydrogen-bond donors (Lipinski definition) is 1. The van der Waals surface area contributed by atoms with Gasteiger partial charge in [-0.15, -0.1) is 0 Å². The second-order valence-electron chi connectivity index (χ2n) is 2.25. The van der Waals surface area contributed by atoms with Crippen LogP contribution in [-0.4, -0.2) is 38.9 Å². The molecule has 0 spiro atoms. The first kappa shape index (κ1) is 12.6. The highest BCUT2D eigenvalue weighted by molar-refractivity contribution is 14.1. The number of sulfonamides is 1. The van der Waals surface area contributed by atoms with Gasteiger partial charge in [0.1, 0.15) is 0 Å². The predicted molar refractivity (Wildman–Crippen MR) is 57.2 cm³/mol. The molecule has 0 aromatic heterocycles. The van der Waals surface area contributed by atoms with Crippen molar-refractivity contribution in [3.05, 3.63) is 0 Å². The summed E-state index contributed by atoms with van der Waals surface area (Å²) in [6.07, 6.45) is 0.549. The van der Waals surface area contributed by atoms with Gasteiger partial charge < -0.3 is 4.74 Å². The van der Waals surface area contributed by atoms with Crippen molar-refractivity contribution in [3.8, 4) is 0 Å². The number of methoxy groups -OCH3 is 1. The van der Waals surface area contributed by atoms with Gasteiger partial charge in [-0.05, 0) is 6.42 Å². The summed E-state index contributed by atoms with van der Waals surface area (Å²) in [5.41, 5.74) is 0. The normalized spacial score (nSPS) is 11.8. The van der Waals surface area contributed by atoms with E-state index in [1.807, 2.05) is 0 Å². The number of alkyl halides is 1. The molecular formula is C6H14INO3S. The van der Waals surface area contributed by atoms with Gasteiger partial charge >= 0.3 is 0 Å². The third-order valence-corrected chi connectivity index (χ3v) is 3.19. The molecule has 0 saturated heterocycles. The molecule has 0 aromatic rings. The van der Waals surface area contributed by atoms with Crippen molar-refractivity contribution in [1.82, 2.24) is 4.72 Å². The van der Waals surface area contributed by atoms with E-state index in [1.165, 1.54) is 0 Å². The molecule has 0 fully saturated rings. The monoisotopic (exact) mass is 307 g/mol. The summed E-state index contributed by atoms with van der Waals surface area (Å²) < 4.78 is 30.2. The third kappa shape index (κ3) is 7.26. The van der Waals surface area contributed by atoms with Crippen LogP contribution in [-0.2, 0) is 14.8 Å². The molecule has 0 saturated carbocycles. The summed E-state index contributed by atoms with van der Waals surface area (Å²) in [5.74, 6) is 0.150. The zero-order chi connectivity index (χ0) is 9.45. The van der Waals surface area contributed by atoms with Crippen LogP contribution in [0.15, 0.2) is 0 Å². The van der Waals surface area contributed by atoms with E-state index in [4.69, 9.17) is 4.74 Å². The molecule has 0 atom stereocenters. The highest BCUT2D eigenvalue weighted by Gasteiger charge is 2.07. The quantitative estimate of drug-likeness (QED) is 0.420. The minimum absolute atomic E-state index is 0.150. The first-order valence-electron chi connectivity index (χ1n) is 3.64. The Balaban J connectivity index is 3.58. The van der Waals surface area contributed by atoms with Gasteiger partial charge in [0.05, 0.1) is 5.75 Å². The topological polar surface area (TPSA) is 55.4 Å². The number of hydrogen-bond acceptors (Lipinski definition) is 3. The standard InChI is InChI=1S/C6H14INO3S/c1-11-5-2-6-12(9,10)8-4-3-7/h8H,2-6H2,1H3. The summed E-state index contributed by atoms with van der Waals surface area (Å²) >= 11 is 2.12. The fourth-order valence-corrected chi connectivity index (χ4v) is 2.35. The fourth-order valence-electron chi connectivity index (χ4n) is 0.660.